The molecule has 0 aliphatic heterocycles. The largest absolute Gasteiger partial charge is 0.497 e. The predicted molar refractivity (Wildman–Crippen MR) is 69.8 cm³/mol. The van der Waals surface area contributed by atoms with E-state index in [0.717, 1.165) is 0 Å². The smallest absolute Gasteiger partial charge is 0.299 e. The molecule has 7 nitrogen and oxygen atoms in total. The van der Waals surface area contributed by atoms with E-state index in [4.69, 9.17) is 15.2 Å². The van der Waals surface area contributed by atoms with Crippen LogP contribution in [-0.4, -0.2) is 35.8 Å². The van der Waals surface area contributed by atoms with Crippen LogP contribution in [-0.2, 0) is 14.9 Å². The molecule has 0 bridgehead atoms. The van der Waals surface area contributed by atoms with Gasteiger partial charge in [0.25, 0.3) is 10.2 Å². The molecule has 0 fully saturated rings. The van der Waals surface area contributed by atoms with Gasteiger partial charge in [0.1, 0.15) is 5.75 Å². The van der Waals surface area contributed by atoms with Crippen molar-refractivity contribution in [3.8, 4) is 5.75 Å². The quantitative estimate of drug-likeness (QED) is 0.486. The summed E-state index contributed by atoms with van der Waals surface area (Å²) in [7, 11) is -0.656. The van der Waals surface area contributed by atoms with E-state index in [1.54, 1.807) is 6.07 Å². The van der Waals surface area contributed by atoms with E-state index < -0.39 is 10.2 Å². The highest BCUT2D eigenvalue weighted by atomic mass is 32.2. The van der Waals surface area contributed by atoms with Crippen LogP contribution in [0.1, 0.15) is 0 Å². The molecular formula is C10H17N3O4S. The number of nitrogen functional groups attached to an aromatic ring is 1. The van der Waals surface area contributed by atoms with E-state index >= 15 is 0 Å². The zero-order valence-electron chi connectivity index (χ0n) is 10.3. The summed E-state index contributed by atoms with van der Waals surface area (Å²) in [6.45, 7) is 0.473. The van der Waals surface area contributed by atoms with Crippen molar-refractivity contribution in [1.29, 1.82) is 0 Å². The van der Waals surface area contributed by atoms with Crippen molar-refractivity contribution in [2.45, 2.75) is 0 Å². The number of hydrogen-bond donors (Lipinski definition) is 3. The van der Waals surface area contributed by atoms with Crippen LogP contribution >= 0.6 is 0 Å². The molecule has 0 amide bonds. The summed E-state index contributed by atoms with van der Waals surface area (Å²) in [6, 6.07) is 4.68. The Balaban J connectivity index is 2.72. The first-order valence-electron chi connectivity index (χ1n) is 5.18. The summed E-state index contributed by atoms with van der Waals surface area (Å²) in [5, 5.41) is 0. The Labute approximate surface area is 106 Å². The van der Waals surface area contributed by atoms with Crippen LogP contribution in [0, 0.1) is 0 Å². The number of nitrogens with two attached hydrogens (primary N) is 1. The van der Waals surface area contributed by atoms with Gasteiger partial charge in [0, 0.05) is 19.7 Å². The Morgan fingerprint density at radius 2 is 2.06 bits per heavy atom. The molecule has 0 heterocycles. The summed E-state index contributed by atoms with van der Waals surface area (Å²) in [4.78, 5) is 0. The number of ether oxygens (including phenoxy) is 2. The molecule has 8 heteroatoms. The zero-order valence-corrected chi connectivity index (χ0v) is 11.1. The molecule has 1 aromatic rings. The maximum absolute atomic E-state index is 11.6. The Bertz CT molecular complexity index is 490. The molecule has 1 rings (SSSR count). The topological polar surface area (TPSA) is 103 Å². The molecule has 0 spiro atoms. The summed E-state index contributed by atoms with van der Waals surface area (Å²) >= 11 is 0. The molecular weight excluding hydrogens is 258 g/mol. The summed E-state index contributed by atoms with van der Waals surface area (Å²) < 4.78 is 37.6. The Kier molecular flexibility index (Phi) is 5.20. The number of benzene rings is 1. The van der Waals surface area contributed by atoms with Crippen molar-refractivity contribution < 1.29 is 17.9 Å². The SMILES string of the molecule is COCCNS(=O)(=O)Nc1ccc(OC)cc1N. The van der Waals surface area contributed by atoms with Gasteiger partial charge < -0.3 is 15.2 Å². The highest BCUT2D eigenvalue weighted by Gasteiger charge is 2.11. The minimum Gasteiger partial charge on any atom is -0.497 e. The first kappa shape index (κ1) is 14.6. The summed E-state index contributed by atoms with van der Waals surface area (Å²) in [5.74, 6) is 0.558. The lowest BCUT2D eigenvalue weighted by molar-refractivity contribution is 0.204. The van der Waals surface area contributed by atoms with E-state index in [2.05, 4.69) is 9.44 Å². The lowest BCUT2D eigenvalue weighted by Gasteiger charge is -2.11. The average molecular weight is 275 g/mol. The molecule has 4 N–H and O–H groups in total. The Morgan fingerprint density at radius 1 is 1.33 bits per heavy atom. The van der Waals surface area contributed by atoms with Gasteiger partial charge in [-0.25, -0.2) is 0 Å². The third-order valence-corrected chi connectivity index (χ3v) is 3.17. The van der Waals surface area contributed by atoms with E-state index in [1.165, 1.54) is 26.4 Å². The van der Waals surface area contributed by atoms with Gasteiger partial charge in [-0.15, -0.1) is 0 Å². The van der Waals surface area contributed by atoms with Crippen LogP contribution in [0.2, 0.25) is 0 Å². The number of nitrogens with one attached hydrogen (secondary N) is 2. The monoisotopic (exact) mass is 275 g/mol. The highest BCUT2D eigenvalue weighted by molar-refractivity contribution is 7.90. The lowest BCUT2D eigenvalue weighted by atomic mass is 10.2. The first-order chi connectivity index (χ1) is 8.48. The fraction of sp³-hybridized carbons (Fsp3) is 0.400. The summed E-state index contributed by atoms with van der Waals surface area (Å²) in [6.07, 6.45) is 0. The fourth-order valence-corrected chi connectivity index (χ4v) is 2.12. The molecule has 102 valence electrons. The van der Waals surface area contributed by atoms with Gasteiger partial charge in [-0.3, -0.25) is 4.72 Å². The number of rotatable bonds is 7. The van der Waals surface area contributed by atoms with Crippen LogP contribution < -0.4 is 19.9 Å². The van der Waals surface area contributed by atoms with E-state index in [-0.39, 0.29) is 12.2 Å². The highest BCUT2D eigenvalue weighted by Crippen LogP contribution is 2.24. The number of methoxy groups -OCH3 is 2. The van der Waals surface area contributed by atoms with E-state index in [9.17, 15) is 8.42 Å². The molecule has 0 aliphatic carbocycles. The molecule has 0 radical (unpaired) electrons. The number of anilines is 2. The lowest BCUT2D eigenvalue weighted by Crippen LogP contribution is -2.32. The number of hydrogen-bond acceptors (Lipinski definition) is 5. The van der Waals surface area contributed by atoms with Gasteiger partial charge in [0.2, 0.25) is 0 Å². The maximum atomic E-state index is 11.6. The van der Waals surface area contributed by atoms with Crippen molar-refractivity contribution in [2.24, 2.45) is 0 Å². The van der Waals surface area contributed by atoms with Crippen molar-refractivity contribution in [3.05, 3.63) is 18.2 Å². The van der Waals surface area contributed by atoms with Crippen LogP contribution in [0.3, 0.4) is 0 Å². The standard InChI is InChI=1S/C10H17N3O4S/c1-16-6-5-12-18(14,15)13-10-4-3-8(17-2)7-9(10)11/h3-4,7,12-13H,5-6,11H2,1-2H3. The summed E-state index contributed by atoms with van der Waals surface area (Å²) in [5.41, 5.74) is 6.28. The van der Waals surface area contributed by atoms with Crippen molar-refractivity contribution in [1.82, 2.24) is 4.72 Å². The van der Waals surface area contributed by atoms with Gasteiger partial charge in [-0.2, -0.15) is 13.1 Å². The van der Waals surface area contributed by atoms with Gasteiger partial charge in [-0.1, -0.05) is 0 Å². The van der Waals surface area contributed by atoms with Crippen LogP contribution in [0.25, 0.3) is 0 Å². The average Bonchev–Trinajstić information content (AvgIpc) is 2.31. The molecule has 18 heavy (non-hydrogen) atoms. The second-order valence-corrected chi connectivity index (χ2v) is 4.95. The third-order valence-electron chi connectivity index (χ3n) is 2.10. The molecule has 0 atom stereocenters. The Hall–Kier alpha value is -1.51. The normalized spacial score (nSPS) is 11.2. The van der Waals surface area contributed by atoms with Crippen LogP contribution in [0.5, 0.6) is 5.75 Å². The van der Waals surface area contributed by atoms with Crippen molar-refractivity contribution in [2.75, 3.05) is 37.8 Å². The molecule has 1 aromatic carbocycles. The van der Waals surface area contributed by atoms with Crippen molar-refractivity contribution >= 4 is 21.6 Å². The zero-order chi connectivity index (χ0) is 13.6. The third kappa shape index (κ3) is 4.40. The van der Waals surface area contributed by atoms with Crippen LogP contribution in [0.15, 0.2) is 18.2 Å². The minimum atomic E-state index is -3.65. The maximum Gasteiger partial charge on any atom is 0.299 e. The second-order valence-electron chi connectivity index (χ2n) is 3.45. The molecule has 0 saturated heterocycles. The second kappa shape index (κ2) is 6.43. The van der Waals surface area contributed by atoms with Crippen molar-refractivity contribution in [3.63, 3.8) is 0 Å². The Morgan fingerprint density at radius 3 is 2.61 bits per heavy atom. The van der Waals surface area contributed by atoms with Gasteiger partial charge in [-0.05, 0) is 12.1 Å². The van der Waals surface area contributed by atoms with E-state index in [1.807, 2.05) is 0 Å². The molecule has 0 saturated carbocycles. The molecule has 0 unspecified atom stereocenters. The van der Waals surface area contributed by atoms with E-state index in [0.29, 0.717) is 18.0 Å². The molecule has 0 aliphatic rings. The first-order valence-corrected chi connectivity index (χ1v) is 6.66. The molecule has 0 aromatic heterocycles. The van der Waals surface area contributed by atoms with Gasteiger partial charge >= 0.3 is 0 Å². The minimum absolute atomic E-state index is 0.182. The van der Waals surface area contributed by atoms with Gasteiger partial charge in [0.05, 0.1) is 25.1 Å². The fourth-order valence-electron chi connectivity index (χ4n) is 1.22. The predicted octanol–water partition coefficient (Wildman–Crippen LogP) is 0.170. The van der Waals surface area contributed by atoms with Crippen LogP contribution in [0.4, 0.5) is 11.4 Å². The van der Waals surface area contributed by atoms with Gasteiger partial charge in [0.15, 0.2) is 0 Å².